The Labute approximate surface area is 99.6 Å². The highest BCUT2D eigenvalue weighted by atomic mass is 16.5. The maximum atomic E-state index is 10.3. The van der Waals surface area contributed by atoms with Crippen LogP contribution in [0, 0.1) is 0 Å². The van der Waals surface area contributed by atoms with E-state index in [2.05, 4.69) is 4.90 Å². The van der Waals surface area contributed by atoms with Gasteiger partial charge in [-0.1, -0.05) is 18.2 Å². The lowest BCUT2D eigenvalue weighted by atomic mass is 10.2. The van der Waals surface area contributed by atoms with E-state index in [4.69, 9.17) is 14.6 Å². The maximum absolute atomic E-state index is 10.3. The lowest BCUT2D eigenvalue weighted by Crippen LogP contribution is -2.34. The molecule has 0 aliphatic carbocycles. The second kappa shape index (κ2) is 5.65. The predicted octanol–water partition coefficient (Wildman–Crippen LogP) is 0.940. The number of ether oxygens (including phenoxy) is 2. The summed E-state index contributed by atoms with van der Waals surface area (Å²) in [6.45, 7) is 2.16. The van der Waals surface area contributed by atoms with E-state index < -0.39 is 5.97 Å². The molecule has 1 N–H and O–H groups in total. The molecule has 2 rings (SSSR count). The molecule has 0 spiro atoms. The van der Waals surface area contributed by atoms with Crippen molar-refractivity contribution in [1.29, 1.82) is 0 Å². The summed E-state index contributed by atoms with van der Waals surface area (Å²) in [5.74, 6) is -0.0135. The number of carboxylic acid groups (broad SMARTS) is 1. The Balaban J connectivity index is 1.76. The minimum atomic E-state index is -0.940. The molecular weight excluding hydrogens is 222 g/mol. The number of para-hydroxylation sites is 1. The van der Waals surface area contributed by atoms with Gasteiger partial charge in [-0.15, -0.1) is 0 Å². The van der Waals surface area contributed by atoms with E-state index in [0.29, 0.717) is 19.9 Å². The third-order valence-corrected chi connectivity index (χ3v) is 2.55. The standard InChI is InChI=1S/C12H15NO4/c14-12(15)8-16-6-5-13-7-10-3-1-2-4-11(10)17-9-13/h1-4H,5-9H2,(H,14,15). The molecule has 0 amide bonds. The molecule has 5 heteroatoms. The molecule has 0 unspecified atom stereocenters. The summed E-state index contributed by atoms with van der Waals surface area (Å²) >= 11 is 0. The molecule has 1 aromatic carbocycles. The largest absolute Gasteiger partial charge is 0.480 e. The first-order valence-corrected chi connectivity index (χ1v) is 5.48. The van der Waals surface area contributed by atoms with Crippen LogP contribution in [0.25, 0.3) is 0 Å². The van der Waals surface area contributed by atoms with Crippen molar-refractivity contribution >= 4 is 5.97 Å². The molecule has 0 atom stereocenters. The van der Waals surface area contributed by atoms with Crippen molar-refractivity contribution in [2.75, 3.05) is 26.5 Å². The van der Waals surface area contributed by atoms with Gasteiger partial charge in [-0.05, 0) is 6.07 Å². The van der Waals surface area contributed by atoms with Crippen LogP contribution in [-0.4, -0.2) is 42.5 Å². The molecule has 0 saturated carbocycles. The number of carbonyl (C=O) groups is 1. The number of hydrogen-bond acceptors (Lipinski definition) is 4. The lowest BCUT2D eigenvalue weighted by molar-refractivity contribution is -0.142. The average Bonchev–Trinajstić information content (AvgIpc) is 2.34. The van der Waals surface area contributed by atoms with Crippen LogP contribution in [0.5, 0.6) is 5.75 Å². The van der Waals surface area contributed by atoms with Crippen LogP contribution >= 0.6 is 0 Å². The number of carboxylic acids is 1. The van der Waals surface area contributed by atoms with Crippen LogP contribution in [0.2, 0.25) is 0 Å². The van der Waals surface area contributed by atoms with Crippen molar-refractivity contribution in [1.82, 2.24) is 4.90 Å². The first kappa shape index (κ1) is 11.9. The Hall–Kier alpha value is -1.59. The van der Waals surface area contributed by atoms with Gasteiger partial charge >= 0.3 is 5.97 Å². The summed E-state index contributed by atoms with van der Waals surface area (Å²) in [6, 6.07) is 7.91. The summed E-state index contributed by atoms with van der Waals surface area (Å²) in [7, 11) is 0. The molecule has 0 radical (unpaired) electrons. The van der Waals surface area contributed by atoms with E-state index >= 15 is 0 Å². The molecule has 92 valence electrons. The van der Waals surface area contributed by atoms with Crippen molar-refractivity contribution in [3.05, 3.63) is 29.8 Å². The van der Waals surface area contributed by atoms with Gasteiger partial charge in [-0.3, -0.25) is 4.90 Å². The summed E-state index contributed by atoms with van der Waals surface area (Å²) < 4.78 is 10.6. The Morgan fingerprint density at radius 1 is 1.47 bits per heavy atom. The first-order valence-electron chi connectivity index (χ1n) is 5.48. The van der Waals surface area contributed by atoms with Crippen LogP contribution in [0.4, 0.5) is 0 Å². The fourth-order valence-corrected chi connectivity index (χ4v) is 1.72. The Morgan fingerprint density at radius 2 is 2.29 bits per heavy atom. The Morgan fingerprint density at radius 3 is 3.12 bits per heavy atom. The van der Waals surface area contributed by atoms with E-state index in [9.17, 15) is 4.79 Å². The van der Waals surface area contributed by atoms with Gasteiger partial charge in [0, 0.05) is 18.7 Å². The third-order valence-electron chi connectivity index (χ3n) is 2.55. The SMILES string of the molecule is O=C(O)COCCN1COc2ccccc2C1. The minimum Gasteiger partial charge on any atom is -0.480 e. The zero-order valence-corrected chi connectivity index (χ0v) is 9.46. The smallest absolute Gasteiger partial charge is 0.329 e. The fourth-order valence-electron chi connectivity index (χ4n) is 1.72. The lowest BCUT2D eigenvalue weighted by Gasteiger charge is -2.28. The average molecular weight is 237 g/mol. The second-order valence-electron chi connectivity index (χ2n) is 3.88. The Bertz CT molecular complexity index is 394. The monoisotopic (exact) mass is 237 g/mol. The Kier molecular flexibility index (Phi) is 3.95. The van der Waals surface area contributed by atoms with Gasteiger partial charge in [0.05, 0.1) is 6.61 Å². The van der Waals surface area contributed by atoms with E-state index in [-0.39, 0.29) is 6.61 Å². The van der Waals surface area contributed by atoms with Crippen LogP contribution < -0.4 is 4.74 Å². The molecular formula is C12H15NO4. The van der Waals surface area contributed by atoms with E-state index in [1.165, 1.54) is 0 Å². The predicted molar refractivity (Wildman–Crippen MR) is 60.8 cm³/mol. The third kappa shape index (κ3) is 3.44. The first-order chi connectivity index (χ1) is 8.25. The number of hydrogen-bond donors (Lipinski definition) is 1. The van der Waals surface area contributed by atoms with Gasteiger partial charge in [-0.2, -0.15) is 0 Å². The zero-order valence-electron chi connectivity index (χ0n) is 9.46. The zero-order chi connectivity index (χ0) is 12.1. The highest BCUT2D eigenvalue weighted by Crippen LogP contribution is 2.23. The molecule has 0 saturated heterocycles. The molecule has 1 heterocycles. The molecule has 0 aromatic heterocycles. The molecule has 1 aliphatic heterocycles. The van der Waals surface area contributed by atoms with Crippen molar-refractivity contribution in [2.45, 2.75) is 6.54 Å². The van der Waals surface area contributed by atoms with E-state index in [1.807, 2.05) is 24.3 Å². The van der Waals surface area contributed by atoms with Crippen molar-refractivity contribution in [3.63, 3.8) is 0 Å². The topological polar surface area (TPSA) is 59.0 Å². The van der Waals surface area contributed by atoms with Gasteiger partial charge < -0.3 is 14.6 Å². The number of aliphatic carboxylic acids is 1. The van der Waals surface area contributed by atoms with Crippen LogP contribution in [0.15, 0.2) is 24.3 Å². The molecule has 1 aromatic rings. The van der Waals surface area contributed by atoms with Crippen molar-refractivity contribution < 1.29 is 19.4 Å². The summed E-state index contributed by atoms with van der Waals surface area (Å²) in [6.07, 6.45) is 0. The minimum absolute atomic E-state index is 0.245. The van der Waals surface area contributed by atoms with Crippen molar-refractivity contribution in [3.8, 4) is 5.75 Å². The fraction of sp³-hybridized carbons (Fsp3) is 0.417. The maximum Gasteiger partial charge on any atom is 0.329 e. The highest BCUT2D eigenvalue weighted by molar-refractivity contribution is 5.67. The number of fused-ring (bicyclic) bond motifs is 1. The molecule has 0 fully saturated rings. The van der Waals surface area contributed by atoms with Crippen LogP contribution in [0.3, 0.4) is 0 Å². The normalized spacial score (nSPS) is 15.1. The van der Waals surface area contributed by atoms with Crippen molar-refractivity contribution in [2.24, 2.45) is 0 Å². The molecule has 17 heavy (non-hydrogen) atoms. The van der Waals surface area contributed by atoms with Gasteiger partial charge in [0.25, 0.3) is 0 Å². The van der Waals surface area contributed by atoms with Crippen LogP contribution in [-0.2, 0) is 16.1 Å². The summed E-state index contributed by atoms with van der Waals surface area (Å²) in [4.78, 5) is 12.3. The summed E-state index contributed by atoms with van der Waals surface area (Å²) in [5, 5.41) is 8.42. The number of rotatable bonds is 5. The quantitative estimate of drug-likeness (QED) is 0.772. The van der Waals surface area contributed by atoms with Crippen LogP contribution in [0.1, 0.15) is 5.56 Å². The number of nitrogens with zero attached hydrogens (tertiary/aromatic N) is 1. The summed E-state index contributed by atoms with van der Waals surface area (Å²) in [5.41, 5.74) is 1.15. The van der Waals surface area contributed by atoms with Gasteiger partial charge in [0.1, 0.15) is 19.1 Å². The van der Waals surface area contributed by atoms with Gasteiger partial charge in [0.15, 0.2) is 0 Å². The highest BCUT2D eigenvalue weighted by Gasteiger charge is 2.16. The molecule has 0 bridgehead atoms. The number of benzene rings is 1. The van der Waals surface area contributed by atoms with E-state index in [1.54, 1.807) is 0 Å². The van der Waals surface area contributed by atoms with Gasteiger partial charge in [0.2, 0.25) is 0 Å². The van der Waals surface area contributed by atoms with E-state index in [0.717, 1.165) is 17.9 Å². The second-order valence-corrected chi connectivity index (χ2v) is 3.88. The molecule has 1 aliphatic rings. The molecule has 5 nitrogen and oxygen atoms in total. The van der Waals surface area contributed by atoms with Gasteiger partial charge in [-0.25, -0.2) is 4.79 Å².